The van der Waals surface area contributed by atoms with Crippen LogP contribution in [0.2, 0.25) is 5.02 Å². The zero-order valence-electron chi connectivity index (χ0n) is 10.8. The predicted molar refractivity (Wildman–Crippen MR) is 93.9 cm³/mol. The summed E-state index contributed by atoms with van der Waals surface area (Å²) < 4.78 is 0.960. The molecule has 0 aliphatic carbocycles. The lowest BCUT2D eigenvalue weighted by Crippen LogP contribution is -2.13. The van der Waals surface area contributed by atoms with Crippen molar-refractivity contribution in [2.75, 3.05) is 5.32 Å². The molecule has 2 aromatic carbocycles. The molecule has 1 amide bonds. The summed E-state index contributed by atoms with van der Waals surface area (Å²) in [6.45, 7) is 0. The highest BCUT2D eigenvalue weighted by Gasteiger charge is 2.12. The Morgan fingerprint density at radius 3 is 2.86 bits per heavy atom. The quantitative estimate of drug-likeness (QED) is 0.622. The molecule has 0 unspecified atom stereocenters. The van der Waals surface area contributed by atoms with E-state index >= 15 is 0 Å². The van der Waals surface area contributed by atoms with Gasteiger partial charge < -0.3 is 5.32 Å². The molecule has 3 nitrogen and oxygen atoms in total. The fourth-order valence-electron chi connectivity index (χ4n) is 2.07. The number of hydrogen-bond donors (Lipinski definition) is 1. The van der Waals surface area contributed by atoms with Crippen LogP contribution in [0, 0.1) is 3.57 Å². The topological polar surface area (TPSA) is 42.0 Å². The molecule has 0 aliphatic rings. The third-order valence-corrected chi connectivity index (χ3v) is 4.07. The van der Waals surface area contributed by atoms with E-state index in [1.807, 2.05) is 36.4 Å². The van der Waals surface area contributed by atoms with Gasteiger partial charge in [0.2, 0.25) is 0 Å². The van der Waals surface area contributed by atoms with E-state index < -0.39 is 0 Å². The van der Waals surface area contributed by atoms with Crippen molar-refractivity contribution < 1.29 is 4.79 Å². The maximum Gasteiger partial charge on any atom is 0.257 e. The fourth-order valence-corrected chi connectivity index (χ4v) is 2.77. The summed E-state index contributed by atoms with van der Waals surface area (Å²) in [4.78, 5) is 16.7. The second kappa shape index (κ2) is 5.99. The van der Waals surface area contributed by atoms with E-state index in [4.69, 9.17) is 11.6 Å². The summed E-state index contributed by atoms with van der Waals surface area (Å²) in [7, 11) is 0. The summed E-state index contributed by atoms with van der Waals surface area (Å²) in [6.07, 6.45) is 1.73. The van der Waals surface area contributed by atoms with Crippen molar-refractivity contribution in [2.24, 2.45) is 0 Å². The summed E-state index contributed by atoms with van der Waals surface area (Å²) in [5.74, 6) is -0.227. The number of rotatable bonds is 2. The van der Waals surface area contributed by atoms with Crippen LogP contribution in [0.1, 0.15) is 10.4 Å². The van der Waals surface area contributed by atoms with Crippen LogP contribution in [0.5, 0.6) is 0 Å². The number of nitrogens with zero attached hydrogens (tertiary/aromatic N) is 1. The van der Waals surface area contributed by atoms with E-state index in [0.717, 1.165) is 20.2 Å². The summed E-state index contributed by atoms with van der Waals surface area (Å²) in [5.41, 5.74) is 2.02. The number of carbonyl (C=O) groups is 1. The molecule has 1 N–H and O–H groups in total. The molecule has 0 fully saturated rings. The minimum Gasteiger partial charge on any atom is -0.321 e. The monoisotopic (exact) mass is 408 g/mol. The Hall–Kier alpha value is -1.66. The van der Waals surface area contributed by atoms with E-state index in [-0.39, 0.29) is 5.91 Å². The Morgan fingerprint density at radius 1 is 1.14 bits per heavy atom. The van der Waals surface area contributed by atoms with Gasteiger partial charge in [-0.2, -0.15) is 0 Å². The first-order valence-electron chi connectivity index (χ1n) is 6.25. The second-order valence-corrected chi connectivity index (χ2v) is 6.11. The highest BCUT2D eigenvalue weighted by atomic mass is 127. The average molecular weight is 409 g/mol. The lowest BCUT2D eigenvalue weighted by atomic mass is 10.1. The van der Waals surface area contributed by atoms with E-state index in [2.05, 4.69) is 32.9 Å². The van der Waals surface area contributed by atoms with E-state index in [1.54, 1.807) is 18.3 Å². The van der Waals surface area contributed by atoms with Crippen molar-refractivity contribution in [1.82, 2.24) is 4.98 Å². The molecule has 0 bridgehead atoms. The normalized spacial score (nSPS) is 10.6. The van der Waals surface area contributed by atoms with Gasteiger partial charge in [-0.3, -0.25) is 9.78 Å². The number of pyridine rings is 1. The molecular formula is C16H10ClIN2O. The molecule has 0 saturated heterocycles. The molecule has 0 radical (unpaired) electrons. The Kier molecular flexibility index (Phi) is 4.07. The maximum absolute atomic E-state index is 12.4. The van der Waals surface area contributed by atoms with Crippen molar-refractivity contribution in [2.45, 2.75) is 0 Å². The van der Waals surface area contributed by atoms with Crippen molar-refractivity contribution in [1.29, 1.82) is 0 Å². The number of benzene rings is 2. The lowest BCUT2D eigenvalue weighted by Gasteiger charge is -2.09. The lowest BCUT2D eigenvalue weighted by molar-refractivity contribution is 0.102. The Labute approximate surface area is 140 Å². The number of nitrogens with one attached hydrogen (secondary N) is 1. The first-order chi connectivity index (χ1) is 10.1. The number of carbonyl (C=O) groups excluding carboxylic acids is 1. The van der Waals surface area contributed by atoms with Crippen LogP contribution in [0.4, 0.5) is 5.69 Å². The predicted octanol–water partition coefficient (Wildman–Crippen LogP) is 4.75. The number of aromatic nitrogens is 1. The van der Waals surface area contributed by atoms with Crippen LogP contribution in [-0.2, 0) is 0 Å². The SMILES string of the molecule is O=C(Nc1cccc2ncccc12)c1cc(I)ccc1Cl. The summed E-state index contributed by atoms with van der Waals surface area (Å²) in [5, 5.41) is 4.24. The van der Waals surface area contributed by atoms with Crippen molar-refractivity contribution in [3.63, 3.8) is 0 Å². The van der Waals surface area contributed by atoms with E-state index in [1.165, 1.54) is 0 Å². The third kappa shape index (κ3) is 3.01. The van der Waals surface area contributed by atoms with Gasteiger partial charge in [-0.1, -0.05) is 17.7 Å². The van der Waals surface area contributed by atoms with Crippen LogP contribution in [0.3, 0.4) is 0 Å². The molecule has 5 heteroatoms. The summed E-state index contributed by atoms with van der Waals surface area (Å²) >= 11 is 8.25. The minimum absolute atomic E-state index is 0.227. The third-order valence-electron chi connectivity index (χ3n) is 3.07. The van der Waals surface area contributed by atoms with Gasteiger partial charge in [0.1, 0.15) is 0 Å². The van der Waals surface area contributed by atoms with Gasteiger partial charge in [0.25, 0.3) is 5.91 Å². The van der Waals surface area contributed by atoms with Gasteiger partial charge in [0.05, 0.1) is 21.8 Å². The smallest absolute Gasteiger partial charge is 0.257 e. The van der Waals surface area contributed by atoms with Crippen LogP contribution in [0.15, 0.2) is 54.7 Å². The Bertz CT molecular complexity index is 830. The summed E-state index contributed by atoms with van der Waals surface area (Å²) in [6, 6.07) is 14.7. The molecule has 1 aromatic heterocycles. The second-order valence-electron chi connectivity index (χ2n) is 4.45. The molecule has 1 heterocycles. The van der Waals surface area contributed by atoms with Gasteiger partial charge in [-0.15, -0.1) is 0 Å². The number of anilines is 1. The molecule has 104 valence electrons. The van der Waals surface area contributed by atoms with Gasteiger partial charge in [-0.25, -0.2) is 0 Å². The minimum atomic E-state index is -0.227. The van der Waals surface area contributed by atoms with E-state index in [9.17, 15) is 4.79 Å². The average Bonchev–Trinajstić information content (AvgIpc) is 2.50. The first kappa shape index (κ1) is 14.3. The van der Waals surface area contributed by atoms with Crippen LogP contribution < -0.4 is 5.32 Å². The molecule has 0 aliphatic heterocycles. The zero-order valence-corrected chi connectivity index (χ0v) is 13.7. The molecule has 0 saturated carbocycles. The Morgan fingerprint density at radius 2 is 2.00 bits per heavy atom. The fraction of sp³-hybridized carbons (Fsp3) is 0. The first-order valence-corrected chi connectivity index (χ1v) is 7.71. The van der Waals surface area contributed by atoms with E-state index in [0.29, 0.717) is 10.6 Å². The van der Waals surface area contributed by atoms with Gasteiger partial charge in [0.15, 0.2) is 0 Å². The van der Waals surface area contributed by atoms with Crippen molar-refractivity contribution in [3.8, 4) is 0 Å². The van der Waals surface area contributed by atoms with Gasteiger partial charge in [0, 0.05) is 15.2 Å². The number of amides is 1. The number of fused-ring (bicyclic) bond motifs is 1. The standard InChI is InChI=1S/C16H10ClIN2O/c17-13-7-6-10(18)9-12(13)16(21)20-15-5-1-4-14-11(15)3-2-8-19-14/h1-9H,(H,20,21). The van der Waals surface area contributed by atoms with Crippen LogP contribution in [-0.4, -0.2) is 10.9 Å². The van der Waals surface area contributed by atoms with Crippen LogP contribution >= 0.6 is 34.2 Å². The number of hydrogen-bond acceptors (Lipinski definition) is 2. The molecule has 0 atom stereocenters. The molecule has 21 heavy (non-hydrogen) atoms. The van der Waals surface area contributed by atoms with Crippen molar-refractivity contribution >= 4 is 56.7 Å². The zero-order chi connectivity index (χ0) is 14.8. The largest absolute Gasteiger partial charge is 0.321 e. The van der Waals surface area contributed by atoms with Gasteiger partial charge in [-0.05, 0) is 65.1 Å². The molecule has 3 aromatic rings. The van der Waals surface area contributed by atoms with Gasteiger partial charge >= 0.3 is 0 Å². The highest BCUT2D eigenvalue weighted by Crippen LogP contribution is 2.24. The Balaban J connectivity index is 1.99. The molecular weight excluding hydrogens is 399 g/mol. The number of halogens is 2. The maximum atomic E-state index is 12.4. The molecule has 3 rings (SSSR count). The molecule has 0 spiro atoms. The van der Waals surface area contributed by atoms with Crippen LogP contribution in [0.25, 0.3) is 10.9 Å². The van der Waals surface area contributed by atoms with Crippen molar-refractivity contribution in [3.05, 3.63) is 68.9 Å². The highest BCUT2D eigenvalue weighted by molar-refractivity contribution is 14.1.